The average Bonchev–Trinajstić information content (AvgIpc) is 3.51. The molecule has 7 nitrogen and oxygen atoms in total. The average molecular weight is 464 g/mol. The summed E-state index contributed by atoms with van der Waals surface area (Å²) in [6.45, 7) is 5.27. The summed E-state index contributed by atoms with van der Waals surface area (Å²) >= 11 is 0. The third kappa shape index (κ3) is 5.70. The molecule has 3 heterocycles. The molecular weight excluding hydrogens is 432 g/mol. The third-order valence-corrected chi connectivity index (χ3v) is 6.72. The van der Waals surface area contributed by atoms with Gasteiger partial charge in [-0.15, -0.1) is 0 Å². The molecule has 2 aliphatic heterocycles. The van der Waals surface area contributed by atoms with Gasteiger partial charge in [0.25, 0.3) is 0 Å². The number of aromatic nitrogens is 1. The van der Waals surface area contributed by atoms with E-state index in [0.717, 1.165) is 64.0 Å². The summed E-state index contributed by atoms with van der Waals surface area (Å²) in [5.74, 6) is -3.90. The lowest BCUT2D eigenvalue weighted by molar-refractivity contribution is -0.137. The van der Waals surface area contributed by atoms with Crippen LogP contribution in [0.3, 0.4) is 0 Å². The number of carbonyl (C=O) groups is 2. The fraction of sp³-hybridized carbons (Fsp3) is 0.583. The third-order valence-electron chi connectivity index (χ3n) is 6.72. The van der Waals surface area contributed by atoms with Gasteiger partial charge in [0.1, 0.15) is 23.9 Å². The number of hydrogen-bond acceptors (Lipinski definition) is 5. The Morgan fingerprint density at radius 2 is 1.67 bits per heavy atom. The number of halogens is 2. The Bertz CT molecular complexity index is 997. The molecule has 2 aromatic rings. The first-order valence-corrected chi connectivity index (χ1v) is 11.8. The number of hydrogen-bond donors (Lipinski definition) is 2. The minimum atomic E-state index is -1.04. The van der Waals surface area contributed by atoms with Crippen LogP contribution in [-0.2, 0) is 9.53 Å². The zero-order valence-corrected chi connectivity index (χ0v) is 18.7. The Morgan fingerprint density at radius 3 is 2.30 bits per heavy atom. The molecule has 2 fully saturated rings. The van der Waals surface area contributed by atoms with Gasteiger partial charge in [-0.1, -0.05) is 0 Å². The quantitative estimate of drug-likeness (QED) is 0.522. The molecule has 9 heteroatoms. The van der Waals surface area contributed by atoms with Gasteiger partial charge in [-0.25, -0.2) is 13.6 Å². The number of nitrogens with zero attached hydrogens (tertiary/aromatic N) is 2. The monoisotopic (exact) mass is 463 g/mol. The van der Waals surface area contributed by atoms with Crippen LogP contribution in [0.1, 0.15) is 60.5 Å². The fourth-order valence-electron chi connectivity index (χ4n) is 5.09. The highest BCUT2D eigenvalue weighted by Gasteiger charge is 2.30. The number of carbonyl (C=O) groups excluding carboxylic acids is 1. The van der Waals surface area contributed by atoms with E-state index in [9.17, 15) is 23.5 Å². The Kier molecular flexibility index (Phi) is 7.60. The molecule has 1 aromatic heterocycles. The van der Waals surface area contributed by atoms with Crippen LogP contribution in [0, 0.1) is 11.6 Å². The predicted octanol–water partition coefficient (Wildman–Crippen LogP) is 3.74. The minimum absolute atomic E-state index is 0.0172. The normalized spacial score (nSPS) is 18.2. The van der Waals surface area contributed by atoms with Crippen molar-refractivity contribution in [2.24, 2.45) is 0 Å². The first kappa shape index (κ1) is 23.6. The Labute approximate surface area is 191 Å². The van der Waals surface area contributed by atoms with E-state index in [1.807, 2.05) is 0 Å². The van der Waals surface area contributed by atoms with Gasteiger partial charge in [-0.3, -0.25) is 9.69 Å². The van der Waals surface area contributed by atoms with Crippen molar-refractivity contribution in [3.05, 3.63) is 35.0 Å². The molecule has 0 saturated carbocycles. The van der Waals surface area contributed by atoms with Crippen LogP contribution in [-0.4, -0.2) is 77.7 Å². The van der Waals surface area contributed by atoms with Crippen molar-refractivity contribution in [3.8, 4) is 0 Å². The number of benzene rings is 1. The maximum absolute atomic E-state index is 14.9. The number of carboxylic acids is 1. The van der Waals surface area contributed by atoms with E-state index in [2.05, 4.69) is 14.8 Å². The van der Waals surface area contributed by atoms with E-state index in [4.69, 9.17) is 4.74 Å². The van der Waals surface area contributed by atoms with Gasteiger partial charge >= 0.3 is 11.9 Å². The summed E-state index contributed by atoms with van der Waals surface area (Å²) in [4.78, 5) is 32.0. The zero-order chi connectivity index (χ0) is 23.4. The Hall–Kier alpha value is -2.52. The molecule has 0 radical (unpaired) electrons. The van der Waals surface area contributed by atoms with E-state index in [0.29, 0.717) is 19.5 Å². The summed E-state index contributed by atoms with van der Waals surface area (Å²) in [7, 11) is 0. The largest absolute Gasteiger partial charge is 0.481 e. The highest BCUT2D eigenvalue weighted by molar-refractivity contribution is 5.99. The lowest BCUT2D eigenvalue weighted by Gasteiger charge is -2.21. The summed E-state index contributed by atoms with van der Waals surface area (Å²) in [6.07, 6.45) is 4.63. The first-order chi connectivity index (χ1) is 15.9. The van der Waals surface area contributed by atoms with Crippen LogP contribution < -0.4 is 0 Å². The van der Waals surface area contributed by atoms with Crippen LogP contribution in [0.4, 0.5) is 8.78 Å². The molecular formula is C24H31F2N3O4. The SMILES string of the molecule is O=C(O)CC(CCN1CCCC1)c1c(C(=O)OCCN2CCCC2)[nH]c2cc(F)cc(F)c12. The number of likely N-dealkylation sites (tertiary alicyclic amines) is 2. The Balaban J connectivity index is 1.63. The molecule has 2 saturated heterocycles. The van der Waals surface area contributed by atoms with Gasteiger partial charge in [-0.2, -0.15) is 0 Å². The van der Waals surface area contributed by atoms with Crippen molar-refractivity contribution in [1.82, 2.24) is 14.8 Å². The maximum atomic E-state index is 14.9. The fourth-order valence-corrected chi connectivity index (χ4v) is 5.09. The molecule has 0 amide bonds. The van der Waals surface area contributed by atoms with Crippen molar-refractivity contribution < 1.29 is 28.2 Å². The number of nitrogens with one attached hydrogen (secondary N) is 1. The van der Waals surface area contributed by atoms with E-state index in [1.165, 1.54) is 0 Å². The molecule has 0 bridgehead atoms. The molecule has 1 aromatic carbocycles. The molecule has 0 spiro atoms. The van der Waals surface area contributed by atoms with Gasteiger partial charge in [0, 0.05) is 18.0 Å². The molecule has 4 rings (SSSR count). The standard InChI is InChI=1S/C24H31F2N3O4/c25-17-14-18(26)22-19(15-17)27-23(24(32)33-12-11-29-8-3-4-9-29)21(22)16(13-20(30)31)5-10-28-6-1-2-7-28/h14-16,27H,1-13H2,(H,30,31). The van der Waals surface area contributed by atoms with Crippen LogP contribution in [0.25, 0.3) is 10.9 Å². The molecule has 1 atom stereocenters. The summed E-state index contributed by atoms with van der Waals surface area (Å²) in [6, 6.07) is 1.89. The minimum Gasteiger partial charge on any atom is -0.481 e. The number of aliphatic carboxylic acids is 1. The van der Waals surface area contributed by atoms with Crippen LogP contribution in [0.2, 0.25) is 0 Å². The second-order valence-electron chi connectivity index (χ2n) is 9.04. The molecule has 180 valence electrons. The summed E-state index contributed by atoms with van der Waals surface area (Å²) in [5, 5.41) is 9.62. The van der Waals surface area contributed by atoms with Gasteiger partial charge in [-0.05, 0) is 82.4 Å². The van der Waals surface area contributed by atoms with Gasteiger partial charge in [0.15, 0.2) is 0 Å². The molecule has 0 aliphatic carbocycles. The smallest absolute Gasteiger partial charge is 0.355 e. The second kappa shape index (κ2) is 10.6. The number of ether oxygens (including phenoxy) is 1. The van der Waals surface area contributed by atoms with Gasteiger partial charge < -0.3 is 19.7 Å². The van der Waals surface area contributed by atoms with E-state index < -0.39 is 29.5 Å². The van der Waals surface area contributed by atoms with E-state index in [1.54, 1.807) is 0 Å². The van der Waals surface area contributed by atoms with Crippen molar-refractivity contribution >= 4 is 22.8 Å². The predicted molar refractivity (Wildman–Crippen MR) is 119 cm³/mol. The van der Waals surface area contributed by atoms with Crippen molar-refractivity contribution in [2.75, 3.05) is 45.9 Å². The lowest BCUT2D eigenvalue weighted by atomic mass is 9.89. The molecule has 2 N–H and O–H groups in total. The highest BCUT2D eigenvalue weighted by atomic mass is 19.1. The Morgan fingerprint density at radius 1 is 1.03 bits per heavy atom. The van der Waals surface area contributed by atoms with Crippen LogP contribution >= 0.6 is 0 Å². The zero-order valence-electron chi connectivity index (χ0n) is 18.7. The first-order valence-electron chi connectivity index (χ1n) is 11.8. The number of aromatic amines is 1. The van der Waals surface area contributed by atoms with Crippen molar-refractivity contribution in [1.29, 1.82) is 0 Å². The van der Waals surface area contributed by atoms with Crippen LogP contribution in [0.15, 0.2) is 12.1 Å². The maximum Gasteiger partial charge on any atom is 0.355 e. The van der Waals surface area contributed by atoms with E-state index in [-0.39, 0.29) is 35.2 Å². The number of esters is 1. The summed E-state index contributed by atoms with van der Waals surface area (Å²) in [5.41, 5.74) is 0.421. The molecule has 2 aliphatic rings. The van der Waals surface area contributed by atoms with E-state index >= 15 is 0 Å². The molecule has 33 heavy (non-hydrogen) atoms. The van der Waals surface area contributed by atoms with Crippen molar-refractivity contribution in [2.45, 2.75) is 44.4 Å². The number of fused-ring (bicyclic) bond motifs is 1. The number of carboxylic acid groups (broad SMARTS) is 1. The van der Waals surface area contributed by atoms with Gasteiger partial charge in [0.2, 0.25) is 0 Å². The molecule has 1 unspecified atom stereocenters. The van der Waals surface area contributed by atoms with Crippen LogP contribution in [0.5, 0.6) is 0 Å². The number of H-pyrrole nitrogens is 1. The lowest BCUT2D eigenvalue weighted by Crippen LogP contribution is -2.26. The summed E-state index contributed by atoms with van der Waals surface area (Å²) < 4.78 is 34.3. The van der Waals surface area contributed by atoms with Gasteiger partial charge in [0.05, 0.1) is 11.9 Å². The topological polar surface area (TPSA) is 85.9 Å². The van der Waals surface area contributed by atoms with Crippen molar-refractivity contribution in [3.63, 3.8) is 0 Å². The highest BCUT2D eigenvalue weighted by Crippen LogP contribution is 2.36. The number of rotatable bonds is 10. The second-order valence-corrected chi connectivity index (χ2v) is 9.04.